The standard InChI is InChI=1S/C13H21N3/c1-12(2)8-6-10(14)11(15)7-9(8)13(3,4)16(12)5/h6-7H,14-15H2,1-5H3. The van der Waals surface area contributed by atoms with Gasteiger partial charge in [0.15, 0.2) is 0 Å². The molecule has 1 heterocycles. The van der Waals surface area contributed by atoms with Crippen molar-refractivity contribution < 1.29 is 0 Å². The number of nitrogens with two attached hydrogens (primary N) is 2. The maximum absolute atomic E-state index is 5.90. The van der Waals surface area contributed by atoms with Crippen molar-refractivity contribution in [2.75, 3.05) is 18.5 Å². The molecule has 0 amide bonds. The van der Waals surface area contributed by atoms with Crippen LogP contribution >= 0.6 is 0 Å². The fourth-order valence-corrected chi connectivity index (χ4v) is 2.71. The van der Waals surface area contributed by atoms with Crippen molar-refractivity contribution in [3.8, 4) is 0 Å². The van der Waals surface area contributed by atoms with Crippen LogP contribution in [0.4, 0.5) is 11.4 Å². The Kier molecular flexibility index (Phi) is 2.05. The van der Waals surface area contributed by atoms with Gasteiger partial charge in [-0.05, 0) is 58.0 Å². The van der Waals surface area contributed by atoms with Gasteiger partial charge in [0.25, 0.3) is 0 Å². The Balaban J connectivity index is 2.75. The Morgan fingerprint density at radius 1 is 0.875 bits per heavy atom. The average Bonchev–Trinajstić information content (AvgIpc) is 2.29. The number of anilines is 2. The highest BCUT2D eigenvalue weighted by Crippen LogP contribution is 2.49. The van der Waals surface area contributed by atoms with Crippen molar-refractivity contribution in [3.63, 3.8) is 0 Å². The molecule has 0 unspecified atom stereocenters. The Hall–Kier alpha value is -1.22. The molecule has 88 valence electrons. The van der Waals surface area contributed by atoms with Crippen LogP contribution in [0.3, 0.4) is 0 Å². The molecule has 0 bridgehead atoms. The first-order valence-corrected chi connectivity index (χ1v) is 5.63. The molecule has 1 aliphatic heterocycles. The van der Waals surface area contributed by atoms with E-state index in [0.29, 0.717) is 11.4 Å². The second kappa shape index (κ2) is 2.92. The van der Waals surface area contributed by atoms with Crippen LogP contribution in [-0.4, -0.2) is 11.9 Å². The minimum Gasteiger partial charge on any atom is -0.397 e. The predicted molar refractivity (Wildman–Crippen MR) is 69.1 cm³/mol. The van der Waals surface area contributed by atoms with Crippen molar-refractivity contribution in [1.82, 2.24) is 4.90 Å². The van der Waals surface area contributed by atoms with Gasteiger partial charge in [-0.1, -0.05) is 0 Å². The monoisotopic (exact) mass is 219 g/mol. The molecule has 0 saturated carbocycles. The van der Waals surface area contributed by atoms with Crippen LogP contribution in [0.5, 0.6) is 0 Å². The summed E-state index contributed by atoms with van der Waals surface area (Å²) in [4.78, 5) is 2.36. The third kappa shape index (κ3) is 1.18. The lowest BCUT2D eigenvalue weighted by atomic mass is 9.89. The molecule has 0 radical (unpaired) electrons. The van der Waals surface area contributed by atoms with Gasteiger partial charge in [0.2, 0.25) is 0 Å². The maximum Gasteiger partial charge on any atom is 0.0551 e. The third-order valence-corrected chi connectivity index (χ3v) is 4.22. The van der Waals surface area contributed by atoms with E-state index in [2.05, 4.69) is 39.6 Å². The van der Waals surface area contributed by atoms with Gasteiger partial charge >= 0.3 is 0 Å². The first-order valence-electron chi connectivity index (χ1n) is 5.63. The van der Waals surface area contributed by atoms with Crippen LogP contribution in [0.25, 0.3) is 0 Å². The summed E-state index contributed by atoms with van der Waals surface area (Å²) >= 11 is 0. The smallest absolute Gasteiger partial charge is 0.0551 e. The first kappa shape index (κ1) is 11.3. The Morgan fingerprint density at radius 3 is 1.50 bits per heavy atom. The topological polar surface area (TPSA) is 55.3 Å². The van der Waals surface area contributed by atoms with Crippen LogP contribution in [0.2, 0.25) is 0 Å². The molecule has 1 aromatic rings. The van der Waals surface area contributed by atoms with E-state index >= 15 is 0 Å². The molecule has 1 aromatic carbocycles. The Morgan fingerprint density at radius 2 is 1.19 bits per heavy atom. The van der Waals surface area contributed by atoms with E-state index in [9.17, 15) is 0 Å². The number of benzene rings is 1. The van der Waals surface area contributed by atoms with Gasteiger partial charge in [0.1, 0.15) is 0 Å². The molecule has 3 heteroatoms. The number of hydrogen-bond acceptors (Lipinski definition) is 3. The molecule has 2 rings (SSSR count). The molecule has 0 aromatic heterocycles. The lowest BCUT2D eigenvalue weighted by Crippen LogP contribution is -2.42. The van der Waals surface area contributed by atoms with E-state index in [-0.39, 0.29) is 11.1 Å². The highest BCUT2D eigenvalue weighted by atomic mass is 15.2. The Bertz CT molecular complexity index is 406. The van der Waals surface area contributed by atoms with Crippen molar-refractivity contribution >= 4 is 11.4 Å². The van der Waals surface area contributed by atoms with Crippen molar-refractivity contribution in [2.24, 2.45) is 0 Å². The summed E-state index contributed by atoms with van der Waals surface area (Å²) < 4.78 is 0. The minimum atomic E-state index is 0.000648. The zero-order chi connectivity index (χ0) is 12.3. The summed E-state index contributed by atoms with van der Waals surface area (Å²) in [6, 6.07) is 4.05. The van der Waals surface area contributed by atoms with E-state index in [1.54, 1.807) is 0 Å². The fraction of sp³-hybridized carbons (Fsp3) is 0.538. The second-order valence-electron chi connectivity index (χ2n) is 5.70. The van der Waals surface area contributed by atoms with Crippen LogP contribution in [-0.2, 0) is 11.1 Å². The summed E-state index contributed by atoms with van der Waals surface area (Å²) in [5.74, 6) is 0. The van der Waals surface area contributed by atoms with Crippen molar-refractivity contribution in [3.05, 3.63) is 23.3 Å². The zero-order valence-electron chi connectivity index (χ0n) is 10.8. The summed E-state index contributed by atoms with van der Waals surface area (Å²) in [5.41, 5.74) is 15.7. The van der Waals surface area contributed by atoms with Crippen LogP contribution in [0.15, 0.2) is 12.1 Å². The van der Waals surface area contributed by atoms with Crippen molar-refractivity contribution in [1.29, 1.82) is 0 Å². The van der Waals surface area contributed by atoms with E-state index in [1.165, 1.54) is 11.1 Å². The van der Waals surface area contributed by atoms with Gasteiger partial charge in [-0.2, -0.15) is 0 Å². The van der Waals surface area contributed by atoms with E-state index in [4.69, 9.17) is 11.5 Å². The second-order valence-corrected chi connectivity index (χ2v) is 5.70. The van der Waals surface area contributed by atoms with Gasteiger partial charge in [-0.25, -0.2) is 0 Å². The molecular weight excluding hydrogens is 198 g/mol. The average molecular weight is 219 g/mol. The van der Waals surface area contributed by atoms with Crippen molar-refractivity contribution in [2.45, 2.75) is 38.8 Å². The molecule has 0 atom stereocenters. The zero-order valence-corrected chi connectivity index (χ0v) is 10.8. The van der Waals surface area contributed by atoms with Crippen LogP contribution in [0, 0.1) is 0 Å². The molecule has 0 fully saturated rings. The molecule has 4 N–H and O–H groups in total. The normalized spacial score (nSPS) is 22.1. The van der Waals surface area contributed by atoms with Gasteiger partial charge in [-0.3, -0.25) is 4.90 Å². The highest BCUT2D eigenvalue weighted by Gasteiger charge is 2.46. The quantitative estimate of drug-likeness (QED) is 0.658. The lowest BCUT2D eigenvalue weighted by molar-refractivity contribution is 0.0730. The molecule has 1 aliphatic rings. The number of fused-ring (bicyclic) bond motifs is 1. The molecule has 16 heavy (non-hydrogen) atoms. The molecule has 0 aliphatic carbocycles. The largest absolute Gasteiger partial charge is 0.397 e. The van der Waals surface area contributed by atoms with Crippen LogP contribution in [0.1, 0.15) is 38.8 Å². The third-order valence-electron chi connectivity index (χ3n) is 4.22. The summed E-state index contributed by atoms with van der Waals surface area (Å²) in [5, 5.41) is 0. The van der Waals surface area contributed by atoms with E-state index in [0.717, 1.165) is 0 Å². The first-order chi connectivity index (χ1) is 7.19. The lowest BCUT2D eigenvalue weighted by Gasteiger charge is -2.37. The highest BCUT2D eigenvalue weighted by molar-refractivity contribution is 5.68. The molecular formula is C13H21N3. The summed E-state index contributed by atoms with van der Waals surface area (Å²) in [6.45, 7) is 8.87. The predicted octanol–water partition coefficient (Wildman–Crippen LogP) is 2.27. The number of nitrogens with zero attached hydrogens (tertiary/aromatic N) is 1. The van der Waals surface area contributed by atoms with Gasteiger partial charge in [0.05, 0.1) is 11.4 Å². The minimum absolute atomic E-state index is 0.000648. The van der Waals surface area contributed by atoms with E-state index in [1.807, 2.05) is 12.1 Å². The molecule has 0 saturated heterocycles. The molecule has 3 nitrogen and oxygen atoms in total. The molecule has 0 spiro atoms. The number of rotatable bonds is 0. The number of hydrogen-bond donors (Lipinski definition) is 2. The van der Waals surface area contributed by atoms with Crippen LogP contribution < -0.4 is 11.5 Å². The number of nitrogen functional groups attached to an aromatic ring is 2. The van der Waals surface area contributed by atoms with Gasteiger partial charge in [0, 0.05) is 11.1 Å². The van der Waals surface area contributed by atoms with E-state index < -0.39 is 0 Å². The summed E-state index contributed by atoms with van der Waals surface area (Å²) in [6.07, 6.45) is 0. The van der Waals surface area contributed by atoms with Gasteiger partial charge in [-0.15, -0.1) is 0 Å². The summed E-state index contributed by atoms with van der Waals surface area (Å²) in [7, 11) is 2.15. The fourth-order valence-electron chi connectivity index (χ4n) is 2.71. The van der Waals surface area contributed by atoms with Gasteiger partial charge < -0.3 is 11.5 Å². The maximum atomic E-state index is 5.90. The SMILES string of the molecule is CN1C(C)(C)c2cc(N)c(N)cc2C1(C)C. The Labute approximate surface area is 97.4 Å².